The van der Waals surface area contributed by atoms with Crippen LogP contribution in [0.3, 0.4) is 0 Å². The lowest BCUT2D eigenvalue weighted by atomic mass is 10.1. The highest BCUT2D eigenvalue weighted by Crippen LogP contribution is 2.18. The van der Waals surface area contributed by atoms with Crippen molar-refractivity contribution < 1.29 is 9.53 Å². The van der Waals surface area contributed by atoms with Crippen molar-refractivity contribution in [2.45, 2.75) is 6.92 Å². The molecule has 0 unspecified atom stereocenters. The van der Waals surface area contributed by atoms with E-state index in [1.54, 1.807) is 6.92 Å². The molecule has 0 saturated heterocycles. The van der Waals surface area contributed by atoms with Crippen molar-refractivity contribution in [1.82, 2.24) is 9.97 Å². The number of H-pyrrole nitrogens is 2. The average molecular weight is 232 g/mol. The molecule has 5 nitrogen and oxygen atoms in total. The summed E-state index contributed by atoms with van der Waals surface area (Å²) in [7, 11) is 0. The van der Waals surface area contributed by atoms with E-state index in [0.29, 0.717) is 5.69 Å². The largest absolute Gasteiger partial charge is 0.461 e. The maximum atomic E-state index is 11.6. The predicted octanol–water partition coefficient (Wildman–Crippen LogP) is 1.55. The Labute approximate surface area is 97.4 Å². The van der Waals surface area contributed by atoms with Crippen LogP contribution in [-0.2, 0) is 4.74 Å². The number of hydrogen-bond donors (Lipinski definition) is 2. The molecule has 1 aromatic heterocycles. The summed E-state index contributed by atoms with van der Waals surface area (Å²) in [6.45, 7) is 1.98. The number of esters is 1. The van der Waals surface area contributed by atoms with Crippen LogP contribution in [0.5, 0.6) is 0 Å². The minimum absolute atomic E-state index is 0.156. The molecule has 0 radical (unpaired) electrons. The summed E-state index contributed by atoms with van der Waals surface area (Å²) in [6.07, 6.45) is 0. The van der Waals surface area contributed by atoms with Crippen molar-refractivity contribution in [2.75, 3.05) is 6.61 Å². The fourth-order valence-electron chi connectivity index (χ4n) is 1.56. The Morgan fingerprint density at radius 3 is 2.59 bits per heavy atom. The van der Waals surface area contributed by atoms with Crippen LogP contribution < -0.4 is 5.69 Å². The number of hydrogen-bond acceptors (Lipinski definition) is 3. The van der Waals surface area contributed by atoms with E-state index in [1.165, 1.54) is 0 Å². The van der Waals surface area contributed by atoms with E-state index >= 15 is 0 Å². The quantitative estimate of drug-likeness (QED) is 0.788. The van der Waals surface area contributed by atoms with Crippen molar-refractivity contribution in [3.63, 3.8) is 0 Å². The molecule has 88 valence electrons. The normalized spacial score (nSPS) is 10.2. The molecule has 0 amide bonds. The Bertz CT molecular complexity index is 569. The van der Waals surface area contributed by atoms with Crippen LogP contribution in [0.15, 0.2) is 35.1 Å². The number of carbonyl (C=O) groups excluding carboxylic acids is 1. The predicted molar refractivity (Wildman–Crippen MR) is 62.8 cm³/mol. The summed E-state index contributed by atoms with van der Waals surface area (Å²) < 4.78 is 4.87. The van der Waals surface area contributed by atoms with Gasteiger partial charge in [0.1, 0.15) is 0 Å². The highest BCUT2D eigenvalue weighted by atomic mass is 16.5. The van der Waals surface area contributed by atoms with E-state index in [0.717, 1.165) is 5.56 Å². The Morgan fingerprint density at radius 1 is 1.24 bits per heavy atom. The highest BCUT2D eigenvalue weighted by Gasteiger charge is 2.17. The van der Waals surface area contributed by atoms with Crippen LogP contribution in [0, 0.1) is 0 Å². The van der Waals surface area contributed by atoms with Crippen LogP contribution in [0.1, 0.15) is 17.4 Å². The van der Waals surface area contributed by atoms with Crippen molar-refractivity contribution in [3.05, 3.63) is 46.5 Å². The number of ether oxygens (including phenoxy) is 1. The number of benzene rings is 1. The first-order chi connectivity index (χ1) is 8.22. The smallest absolute Gasteiger partial charge is 0.357 e. The number of carbonyl (C=O) groups is 1. The molecule has 2 N–H and O–H groups in total. The highest BCUT2D eigenvalue weighted by molar-refractivity contribution is 5.94. The van der Waals surface area contributed by atoms with E-state index < -0.39 is 11.7 Å². The van der Waals surface area contributed by atoms with Gasteiger partial charge in [-0.3, -0.25) is 4.98 Å². The molecule has 17 heavy (non-hydrogen) atoms. The number of aromatic amines is 2. The van der Waals surface area contributed by atoms with Crippen molar-refractivity contribution in [1.29, 1.82) is 0 Å². The Hall–Kier alpha value is -2.30. The first-order valence-electron chi connectivity index (χ1n) is 5.27. The summed E-state index contributed by atoms with van der Waals surface area (Å²) in [5, 5.41) is 0. The molecule has 5 heteroatoms. The zero-order valence-electron chi connectivity index (χ0n) is 9.32. The van der Waals surface area contributed by atoms with E-state index in [9.17, 15) is 9.59 Å². The minimum Gasteiger partial charge on any atom is -0.461 e. The summed E-state index contributed by atoms with van der Waals surface area (Å²) in [6, 6.07) is 9.13. The fraction of sp³-hybridized carbons (Fsp3) is 0.167. The zero-order chi connectivity index (χ0) is 12.3. The van der Waals surface area contributed by atoms with Crippen LogP contribution in [0.4, 0.5) is 0 Å². The van der Waals surface area contributed by atoms with Gasteiger partial charge in [0, 0.05) is 5.56 Å². The summed E-state index contributed by atoms with van der Waals surface area (Å²) in [5.74, 6) is -0.537. The molecule has 0 bridgehead atoms. The molecule has 2 aromatic rings. The van der Waals surface area contributed by atoms with Crippen molar-refractivity contribution in [3.8, 4) is 11.3 Å². The van der Waals surface area contributed by atoms with Gasteiger partial charge in [-0.1, -0.05) is 30.3 Å². The van der Waals surface area contributed by atoms with Gasteiger partial charge >= 0.3 is 11.7 Å². The van der Waals surface area contributed by atoms with Gasteiger partial charge in [-0.2, -0.15) is 0 Å². The molecule has 0 atom stereocenters. The molecule has 0 spiro atoms. The van der Waals surface area contributed by atoms with Gasteiger partial charge in [0.05, 0.1) is 12.3 Å². The third-order valence-electron chi connectivity index (χ3n) is 2.27. The fourth-order valence-corrected chi connectivity index (χ4v) is 1.56. The van der Waals surface area contributed by atoms with E-state index in [4.69, 9.17) is 4.74 Å². The Kier molecular flexibility index (Phi) is 3.09. The van der Waals surface area contributed by atoms with Crippen LogP contribution >= 0.6 is 0 Å². The maximum absolute atomic E-state index is 11.6. The van der Waals surface area contributed by atoms with Gasteiger partial charge in [0.25, 0.3) is 0 Å². The van der Waals surface area contributed by atoms with Gasteiger partial charge in [0.15, 0.2) is 5.69 Å². The van der Waals surface area contributed by atoms with Gasteiger partial charge in [-0.25, -0.2) is 9.59 Å². The molecule has 2 rings (SSSR count). The second-order valence-corrected chi connectivity index (χ2v) is 3.42. The Balaban J connectivity index is 2.48. The average Bonchev–Trinajstić information content (AvgIpc) is 2.73. The maximum Gasteiger partial charge on any atom is 0.357 e. The molecule has 1 aromatic carbocycles. The zero-order valence-corrected chi connectivity index (χ0v) is 9.32. The van der Waals surface area contributed by atoms with Gasteiger partial charge in [-0.05, 0) is 6.92 Å². The standard InChI is InChI=1S/C12H12N2O3/c1-2-17-11(15)10-9(13-12(16)14-10)8-6-4-3-5-7-8/h3-7H,2H2,1H3,(H2,13,14,16). The lowest BCUT2D eigenvalue weighted by molar-refractivity contribution is 0.0521. The van der Waals surface area contributed by atoms with E-state index in [-0.39, 0.29) is 12.3 Å². The van der Waals surface area contributed by atoms with Gasteiger partial charge in [-0.15, -0.1) is 0 Å². The molecule has 0 fully saturated rings. The molecule has 0 aliphatic carbocycles. The third kappa shape index (κ3) is 2.28. The van der Waals surface area contributed by atoms with Crippen LogP contribution in [0.25, 0.3) is 11.3 Å². The summed E-state index contributed by atoms with van der Waals surface area (Å²) in [4.78, 5) is 27.9. The monoisotopic (exact) mass is 232 g/mol. The molecular weight excluding hydrogens is 220 g/mol. The molecule has 0 aliphatic rings. The van der Waals surface area contributed by atoms with E-state index in [1.807, 2.05) is 30.3 Å². The van der Waals surface area contributed by atoms with Crippen LogP contribution in [-0.4, -0.2) is 22.5 Å². The van der Waals surface area contributed by atoms with Gasteiger partial charge in [0.2, 0.25) is 0 Å². The lowest BCUT2D eigenvalue weighted by Gasteiger charge is -2.02. The molecular formula is C12H12N2O3. The number of aromatic nitrogens is 2. The van der Waals surface area contributed by atoms with E-state index in [2.05, 4.69) is 9.97 Å². The SMILES string of the molecule is CCOC(=O)c1[nH]c(=O)[nH]c1-c1ccccc1. The number of imidazole rings is 1. The molecule has 0 aliphatic heterocycles. The topological polar surface area (TPSA) is 75.0 Å². The van der Waals surface area contributed by atoms with Crippen LogP contribution in [0.2, 0.25) is 0 Å². The van der Waals surface area contributed by atoms with Crippen molar-refractivity contribution in [2.24, 2.45) is 0 Å². The second-order valence-electron chi connectivity index (χ2n) is 3.42. The molecule has 0 saturated carbocycles. The minimum atomic E-state index is -0.537. The number of rotatable bonds is 3. The first kappa shape index (κ1) is 11.2. The lowest BCUT2D eigenvalue weighted by Crippen LogP contribution is -2.08. The first-order valence-corrected chi connectivity index (χ1v) is 5.27. The van der Waals surface area contributed by atoms with Crippen molar-refractivity contribution >= 4 is 5.97 Å². The summed E-state index contributed by atoms with van der Waals surface area (Å²) in [5.41, 5.74) is 0.943. The van der Waals surface area contributed by atoms with Gasteiger partial charge < -0.3 is 9.72 Å². The number of nitrogens with one attached hydrogen (secondary N) is 2. The summed E-state index contributed by atoms with van der Waals surface area (Å²) >= 11 is 0. The third-order valence-corrected chi connectivity index (χ3v) is 2.27. The second kappa shape index (κ2) is 4.69. The Morgan fingerprint density at radius 2 is 1.94 bits per heavy atom. The molecule has 1 heterocycles.